The summed E-state index contributed by atoms with van der Waals surface area (Å²) in [5.74, 6) is -0.656. The largest absolute Gasteiger partial charge is 0.462 e. The van der Waals surface area contributed by atoms with Gasteiger partial charge in [0.25, 0.3) is 0 Å². The van der Waals surface area contributed by atoms with E-state index in [0.29, 0.717) is 17.1 Å². The first-order valence-corrected chi connectivity index (χ1v) is 12.3. The number of anilines is 1. The molecule has 4 rings (SSSR count). The molecule has 0 aliphatic rings. The Bertz CT molecular complexity index is 1260. The fraction of sp³-hybridized carbons (Fsp3) is 0.172. The summed E-state index contributed by atoms with van der Waals surface area (Å²) >= 11 is 1.37. The summed E-state index contributed by atoms with van der Waals surface area (Å²) in [5, 5.41) is 3.53. The number of esters is 1. The highest BCUT2D eigenvalue weighted by molar-refractivity contribution is 7.20. The molecular formula is C29H28N2O3S. The Hall–Kier alpha value is -3.74. The molecule has 5 nitrogen and oxygen atoms in total. The number of likely N-dealkylation sites (N-methyl/N-ethyl adjacent to an activating group) is 1. The van der Waals surface area contributed by atoms with Crippen LogP contribution in [0.5, 0.6) is 0 Å². The molecule has 0 bridgehead atoms. The fourth-order valence-electron chi connectivity index (χ4n) is 3.97. The van der Waals surface area contributed by atoms with Crippen LogP contribution in [-0.4, -0.2) is 30.4 Å². The van der Waals surface area contributed by atoms with Crippen molar-refractivity contribution in [1.82, 2.24) is 4.90 Å². The zero-order valence-corrected chi connectivity index (χ0v) is 20.6. The van der Waals surface area contributed by atoms with E-state index in [1.54, 1.807) is 13.0 Å². The van der Waals surface area contributed by atoms with Crippen LogP contribution in [-0.2, 0) is 16.1 Å². The number of nitrogens with zero attached hydrogens (tertiary/aromatic N) is 1. The zero-order valence-electron chi connectivity index (χ0n) is 19.8. The molecule has 0 unspecified atom stereocenters. The highest BCUT2D eigenvalue weighted by Crippen LogP contribution is 2.37. The number of carbonyl (C=O) groups excluding carboxylic acids is 2. The van der Waals surface area contributed by atoms with Gasteiger partial charge in [-0.3, -0.25) is 9.69 Å². The number of nitrogens with one attached hydrogen (secondary N) is 1. The highest BCUT2D eigenvalue weighted by atomic mass is 32.1. The zero-order chi connectivity index (χ0) is 24.6. The van der Waals surface area contributed by atoms with E-state index in [1.807, 2.05) is 103 Å². The highest BCUT2D eigenvalue weighted by Gasteiger charge is 2.28. The van der Waals surface area contributed by atoms with E-state index in [2.05, 4.69) is 5.32 Å². The maximum Gasteiger partial charge on any atom is 0.341 e. The summed E-state index contributed by atoms with van der Waals surface area (Å²) in [5.41, 5.74) is 3.32. The average molecular weight is 485 g/mol. The molecule has 1 aromatic heterocycles. The maximum atomic E-state index is 13.7. The number of benzene rings is 3. The molecule has 0 saturated heterocycles. The molecule has 0 radical (unpaired) electrons. The van der Waals surface area contributed by atoms with Crippen LogP contribution >= 0.6 is 11.3 Å². The number of ether oxygens (including phenoxy) is 1. The van der Waals surface area contributed by atoms with Gasteiger partial charge in [-0.15, -0.1) is 11.3 Å². The summed E-state index contributed by atoms with van der Waals surface area (Å²) < 4.78 is 5.28. The van der Waals surface area contributed by atoms with Crippen molar-refractivity contribution in [3.05, 3.63) is 114 Å². The first-order chi connectivity index (χ1) is 17.1. The lowest BCUT2D eigenvalue weighted by molar-refractivity contribution is -0.121. The van der Waals surface area contributed by atoms with Crippen molar-refractivity contribution in [3.63, 3.8) is 0 Å². The predicted molar refractivity (Wildman–Crippen MR) is 141 cm³/mol. The Morgan fingerprint density at radius 3 is 2.14 bits per heavy atom. The Balaban J connectivity index is 1.66. The third kappa shape index (κ3) is 6.04. The van der Waals surface area contributed by atoms with Crippen molar-refractivity contribution in [2.45, 2.75) is 19.5 Å². The van der Waals surface area contributed by atoms with Crippen LogP contribution < -0.4 is 5.32 Å². The standard InChI is InChI=1S/C29H28N2O3S/c1-3-34-29(33)24-19-25(22-15-9-5-10-16-22)35-28(24)30-27(32)26(23-17-11-6-12-18-23)31(2)20-21-13-7-4-8-14-21/h4-19,26H,3,20H2,1-2H3,(H,30,32)/t26-/m1/s1. The molecule has 0 aliphatic carbocycles. The van der Waals surface area contributed by atoms with Gasteiger partial charge < -0.3 is 10.1 Å². The first-order valence-electron chi connectivity index (χ1n) is 11.5. The monoisotopic (exact) mass is 484 g/mol. The second-order valence-electron chi connectivity index (χ2n) is 8.14. The normalized spacial score (nSPS) is 11.7. The van der Waals surface area contributed by atoms with Crippen molar-refractivity contribution >= 4 is 28.2 Å². The lowest BCUT2D eigenvalue weighted by atomic mass is 10.0. The molecule has 35 heavy (non-hydrogen) atoms. The molecular weight excluding hydrogens is 456 g/mol. The first kappa shape index (κ1) is 24.4. The van der Waals surface area contributed by atoms with Gasteiger partial charge in [-0.25, -0.2) is 4.79 Å². The second-order valence-corrected chi connectivity index (χ2v) is 9.20. The summed E-state index contributed by atoms with van der Waals surface area (Å²) in [6.45, 7) is 2.62. The minimum atomic E-state index is -0.547. The minimum Gasteiger partial charge on any atom is -0.462 e. The van der Waals surface area contributed by atoms with Crippen molar-refractivity contribution < 1.29 is 14.3 Å². The van der Waals surface area contributed by atoms with Gasteiger partial charge in [-0.1, -0.05) is 91.0 Å². The number of amides is 1. The fourth-order valence-corrected chi connectivity index (χ4v) is 5.03. The number of hydrogen-bond acceptors (Lipinski definition) is 5. The third-order valence-electron chi connectivity index (χ3n) is 5.60. The van der Waals surface area contributed by atoms with E-state index in [4.69, 9.17) is 4.74 Å². The Morgan fingerprint density at radius 2 is 1.51 bits per heavy atom. The number of carbonyl (C=O) groups is 2. The quantitative estimate of drug-likeness (QED) is 0.279. The average Bonchev–Trinajstić information content (AvgIpc) is 3.30. The lowest BCUT2D eigenvalue weighted by Crippen LogP contribution is -2.34. The third-order valence-corrected chi connectivity index (χ3v) is 6.70. The molecule has 0 saturated carbocycles. The van der Waals surface area contributed by atoms with Gasteiger partial charge in [0.15, 0.2) is 0 Å². The summed E-state index contributed by atoms with van der Waals surface area (Å²) in [7, 11) is 1.93. The SMILES string of the molecule is CCOC(=O)c1cc(-c2ccccc2)sc1NC(=O)[C@@H](c1ccccc1)N(C)Cc1ccccc1. The Labute approximate surface area is 210 Å². The van der Waals surface area contributed by atoms with Crippen LogP contribution in [0, 0.1) is 0 Å². The van der Waals surface area contributed by atoms with Gasteiger partial charge in [0.2, 0.25) is 5.91 Å². The van der Waals surface area contributed by atoms with E-state index in [1.165, 1.54) is 11.3 Å². The molecule has 1 amide bonds. The van der Waals surface area contributed by atoms with Gasteiger partial charge in [-0.2, -0.15) is 0 Å². The van der Waals surface area contributed by atoms with E-state index in [-0.39, 0.29) is 12.5 Å². The van der Waals surface area contributed by atoms with E-state index < -0.39 is 12.0 Å². The maximum absolute atomic E-state index is 13.7. The Kier molecular flexibility index (Phi) is 8.08. The van der Waals surface area contributed by atoms with Crippen molar-refractivity contribution in [2.75, 3.05) is 19.0 Å². The smallest absolute Gasteiger partial charge is 0.341 e. The number of rotatable bonds is 9. The van der Waals surface area contributed by atoms with Crippen molar-refractivity contribution in [1.29, 1.82) is 0 Å². The van der Waals surface area contributed by atoms with E-state index in [0.717, 1.165) is 21.6 Å². The molecule has 4 aromatic rings. The molecule has 1 N–H and O–H groups in total. The predicted octanol–water partition coefficient (Wildman–Crippen LogP) is 6.40. The number of hydrogen-bond donors (Lipinski definition) is 1. The van der Waals surface area contributed by atoms with Crippen LogP contribution in [0.2, 0.25) is 0 Å². The van der Waals surface area contributed by atoms with Gasteiger partial charge in [0.05, 0.1) is 12.2 Å². The minimum absolute atomic E-state index is 0.207. The van der Waals surface area contributed by atoms with Gasteiger partial charge in [0, 0.05) is 11.4 Å². The van der Waals surface area contributed by atoms with Crippen LogP contribution in [0.1, 0.15) is 34.5 Å². The van der Waals surface area contributed by atoms with E-state index in [9.17, 15) is 9.59 Å². The summed E-state index contributed by atoms with van der Waals surface area (Å²) in [4.78, 5) is 29.4. The van der Waals surface area contributed by atoms with Crippen LogP contribution in [0.4, 0.5) is 5.00 Å². The van der Waals surface area contributed by atoms with Crippen LogP contribution in [0.15, 0.2) is 97.1 Å². The van der Waals surface area contributed by atoms with Crippen LogP contribution in [0.25, 0.3) is 10.4 Å². The van der Waals surface area contributed by atoms with Gasteiger partial charge >= 0.3 is 5.97 Å². The summed E-state index contributed by atoms with van der Waals surface area (Å²) in [6, 6.07) is 30.7. The second kappa shape index (κ2) is 11.6. The molecule has 0 fully saturated rings. The molecule has 3 aromatic carbocycles. The van der Waals surface area contributed by atoms with Crippen molar-refractivity contribution in [3.8, 4) is 10.4 Å². The van der Waals surface area contributed by atoms with Gasteiger partial charge in [0.1, 0.15) is 11.0 Å². The number of thiophene rings is 1. The molecule has 0 spiro atoms. The molecule has 178 valence electrons. The summed E-state index contributed by atoms with van der Waals surface area (Å²) in [6.07, 6.45) is 0. The van der Waals surface area contributed by atoms with Crippen LogP contribution in [0.3, 0.4) is 0 Å². The molecule has 6 heteroatoms. The lowest BCUT2D eigenvalue weighted by Gasteiger charge is -2.27. The topological polar surface area (TPSA) is 58.6 Å². The van der Waals surface area contributed by atoms with Gasteiger partial charge in [-0.05, 0) is 36.7 Å². The molecule has 0 aliphatic heterocycles. The van der Waals surface area contributed by atoms with Crippen molar-refractivity contribution in [2.24, 2.45) is 0 Å². The molecule has 1 heterocycles. The Morgan fingerprint density at radius 1 is 0.914 bits per heavy atom. The van der Waals surface area contributed by atoms with E-state index >= 15 is 0 Å². The molecule has 1 atom stereocenters.